The normalized spacial score (nSPS) is 25.1. The molecule has 1 aromatic heterocycles. The van der Waals surface area contributed by atoms with Crippen LogP contribution in [-0.2, 0) is 10.2 Å². The highest BCUT2D eigenvalue weighted by Gasteiger charge is 2.53. The number of carbonyl (C=O) groups excluding carboxylic acids is 1. The lowest BCUT2D eigenvalue weighted by Gasteiger charge is -2.40. The number of alkyl halides is 2. The molecule has 150 valence electrons. The van der Waals surface area contributed by atoms with Crippen molar-refractivity contribution in [2.24, 2.45) is 5.92 Å². The van der Waals surface area contributed by atoms with Crippen LogP contribution in [0.25, 0.3) is 0 Å². The third-order valence-corrected chi connectivity index (χ3v) is 5.99. The smallest absolute Gasteiger partial charge is 0.410 e. The predicted octanol–water partition coefficient (Wildman–Crippen LogP) is 4.26. The maximum Gasteiger partial charge on any atom is 0.410 e. The molecule has 0 radical (unpaired) electrons. The zero-order chi connectivity index (χ0) is 19.4. The summed E-state index contributed by atoms with van der Waals surface area (Å²) in [6, 6.07) is 0. The number of hydrogen-bond donors (Lipinski definition) is 0. The summed E-state index contributed by atoms with van der Waals surface area (Å²) >= 11 is 0. The van der Waals surface area contributed by atoms with Crippen molar-refractivity contribution < 1.29 is 22.8 Å². The van der Waals surface area contributed by atoms with E-state index in [9.17, 15) is 13.6 Å². The van der Waals surface area contributed by atoms with E-state index in [0.29, 0.717) is 30.7 Å². The Labute approximate surface area is 157 Å². The molecule has 3 aliphatic rings. The first-order valence-corrected chi connectivity index (χ1v) is 9.78. The minimum absolute atomic E-state index is 0.211. The SMILES string of the molecule is CC(C)(C)OC(=O)N1CCC(c2noc(C3CC(F)(F)C3)n2)(C2CC2)CC1. The highest BCUT2D eigenvalue weighted by molar-refractivity contribution is 5.68. The number of hydrogen-bond acceptors (Lipinski definition) is 5. The van der Waals surface area contributed by atoms with Gasteiger partial charge in [0.2, 0.25) is 11.8 Å². The molecule has 2 heterocycles. The first-order valence-electron chi connectivity index (χ1n) is 9.78. The molecule has 1 saturated heterocycles. The van der Waals surface area contributed by atoms with Gasteiger partial charge >= 0.3 is 6.09 Å². The first-order chi connectivity index (χ1) is 12.6. The second-order valence-corrected chi connectivity index (χ2v) is 9.32. The van der Waals surface area contributed by atoms with Gasteiger partial charge in [0.25, 0.3) is 0 Å². The van der Waals surface area contributed by atoms with Gasteiger partial charge in [-0.15, -0.1) is 0 Å². The van der Waals surface area contributed by atoms with Gasteiger partial charge < -0.3 is 14.2 Å². The topological polar surface area (TPSA) is 68.5 Å². The minimum Gasteiger partial charge on any atom is -0.444 e. The van der Waals surface area contributed by atoms with Crippen molar-refractivity contribution in [1.29, 1.82) is 0 Å². The molecule has 3 fully saturated rings. The summed E-state index contributed by atoms with van der Waals surface area (Å²) < 4.78 is 37.1. The highest BCUT2D eigenvalue weighted by atomic mass is 19.3. The molecule has 0 aromatic carbocycles. The number of nitrogens with zero attached hydrogens (tertiary/aromatic N) is 3. The van der Waals surface area contributed by atoms with Gasteiger partial charge in [-0.05, 0) is 52.4 Å². The van der Waals surface area contributed by atoms with Gasteiger partial charge in [0, 0.05) is 37.3 Å². The quantitative estimate of drug-likeness (QED) is 0.780. The molecule has 2 aliphatic carbocycles. The van der Waals surface area contributed by atoms with Crippen molar-refractivity contribution in [2.75, 3.05) is 13.1 Å². The molecule has 0 unspecified atom stereocenters. The van der Waals surface area contributed by atoms with Gasteiger partial charge in [0.05, 0.1) is 0 Å². The van der Waals surface area contributed by atoms with Crippen LogP contribution in [0.15, 0.2) is 4.52 Å². The summed E-state index contributed by atoms with van der Waals surface area (Å²) in [5, 5.41) is 4.19. The fourth-order valence-electron chi connectivity index (χ4n) is 4.30. The number of likely N-dealkylation sites (tertiary alicyclic amines) is 1. The van der Waals surface area contributed by atoms with E-state index in [1.807, 2.05) is 20.8 Å². The van der Waals surface area contributed by atoms with Crippen LogP contribution >= 0.6 is 0 Å². The van der Waals surface area contributed by atoms with Gasteiger partial charge in [0.1, 0.15) is 5.60 Å². The second kappa shape index (κ2) is 6.14. The Morgan fingerprint density at radius 2 is 1.85 bits per heavy atom. The van der Waals surface area contributed by atoms with Crippen molar-refractivity contribution in [3.63, 3.8) is 0 Å². The summed E-state index contributed by atoms with van der Waals surface area (Å²) in [4.78, 5) is 18.6. The fraction of sp³-hybridized carbons (Fsp3) is 0.842. The number of rotatable bonds is 3. The molecule has 1 amide bonds. The van der Waals surface area contributed by atoms with Crippen molar-refractivity contribution in [1.82, 2.24) is 15.0 Å². The number of carbonyl (C=O) groups is 1. The molecule has 0 N–H and O–H groups in total. The van der Waals surface area contributed by atoms with E-state index in [1.54, 1.807) is 4.90 Å². The molecule has 27 heavy (non-hydrogen) atoms. The van der Waals surface area contributed by atoms with E-state index < -0.39 is 11.5 Å². The fourth-order valence-corrected chi connectivity index (χ4v) is 4.30. The number of ether oxygens (including phenoxy) is 1. The number of aromatic nitrogens is 2. The Morgan fingerprint density at radius 1 is 1.22 bits per heavy atom. The molecule has 0 atom stereocenters. The van der Waals surface area contributed by atoms with Gasteiger partial charge in [-0.2, -0.15) is 4.98 Å². The van der Waals surface area contributed by atoms with Crippen molar-refractivity contribution in [3.8, 4) is 0 Å². The Bertz CT molecular complexity index is 708. The summed E-state index contributed by atoms with van der Waals surface area (Å²) in [6.45, 7) is 6.73. The molecular formula is C19H27F2N3O3. The van der Waals surface area contributed by atoms with Crippen molar-refractivity contribution in [3.05, 3.63) is 11.7 Å². The molecule has 6 nitrogen and oxygen atoms in total. The maximum absolute atomic E-state index is 13.1. The van der Waals surface area contributed by atoms with Gasteiger partial charge in [0.15, 0.2) is 5.82 Å². The van der Waals surface area contributed by atoms with E-state index in [1.165, 1.54) is 0 Å². The van der Waals surface area contributed by atoms with E-state index >= 15 is 0 Å². The molecule has 8 heteroatoms. The Hall–Kier alpha value is -1.73. The van der Waals surface area contributed by atoms with Crippen LogP contribution in [0, 0.1) is 5.92 Å². The van der Waals surface area contributed by atoms with Crippen LogP contribution in [-0.4, -0.2) is 45.7 Å². The van der Waals surface area contributed by atoms with Gasteiger partial charge in [-0.3, -0.25) is 0 Å². The molecule has 0 spiro atoms. The van der Waals surface area contributed by atoms with Crippen LogP contribution in [0.4, 0.5) is 13.6 Å². The number of halogens is 2. The largest absolute Gasteiger partial charge is 0.444 e. The predicted molar refractivity (Wildman–Crippen MR) is 92.7 cm³/mol. The highest BCUT2D eigenvalue weighted by Crippen LogP contribution is 2.53. The lowest BCUT2D eigenvalue weighted by atomic mass is 9.73. The Balaban J connectivity index is 1.45. The minimum atomic E-state index is -2.60. The zero-order valence-electron chi connectivity index (χ0n) is 16.1. The molecule has 0 bridgehead atoms. The van der Waals surface area contributed by atoms with E-state index in [2.05, 4.69) is 10.1 Å². The monoisotopic (exact) mass is 383 g/mol. The standard InChI is InChI=1S/C19H27F2N3O3/c1-17(2,3)26-16(25)24-8-6-18(7-9-24,13-4-5-13)15-22-14(27-23-15)12-10-19(20,21)11-12/h12-13H,4-11H2,1-3H3. The summed E-state index contributed by atoms with van der Waals surface area (Å²) in [5.74, 6) is -1.48. The van der Waals surface area contributed by atoms with Crippen LogP contribution in [0.3, 0.4) is 0 Å². The number of piperidine rings is 1. The van der Waals surface area contributed by atoms with Crippen LogP contribution in [0.5, 0.6) is 0 Å². The van der Waals surface area contributed by atoms with Crippen LogP contribution < -0.4 is 0 Å². The lowest BCUT2D eigenvalue weighted by Crippen LogP contribution is -2.48. The second-order valence-electron chi connectivity index (χ2n) is 9.32. The van der Waals surface area contributed by atoms with Gasteiger partial charge in [-0.25, -0.2) is 13.6 Å². The zero-order valence-corrected chi connectivity index (χ0v) is 16.1. The van der Waals surface area contributed by atoms with E-state index in [-0.39, 0.29) is 30.3 Å². The summed E-state index contributed by atoms with van der Waals surface area (Å²) in [5.41, 5.74) is -0.734. The van der Waals surface area contributed by atoms with E-state index in [0.717, 1.165) is 25.7 Å². The van der Waals surface area contributed by atoms with Crippen LogP contribution in [0.1, 0.15) is 76.9 Å². The molecule has 1 aliphatic heterocycles. The van der Waals surface area contributed by atoms with Crippen molar-refractivity contribution >= 4 is 6.09 Å². The van der Waals surface area contributed by atoms with Gasteiger partial charge in [-0.1, -0.05) is 5.16 Å². The van der Waals surface area contributed by atoms with Crippen molar-refractivity contribution in [2.45, 2.75) is 82.2 Å². The average molecular weight is 383 g/mol. The third kappa shape index (κ3) is 3.67. The average Bonchev–Trinajstić information content (AvgIpc) is 3.28. The van der Waals surface area contributed by atoms with Crippen LogP contribution in [0.2, 0.25) is 0 Å². The Kier molecular flexibility index (Phi) is 4.23. The summed E-state index contributed by atoms with van der Waals surface area (Å²) in [6.07, 6.45) is 3.00. The third-order valence-electron chi connectivity index (χ3n) is 5.99. The molecule has 4 rings (SSSR count). The molecular weight excluding hydrogens is 356 g/mol. The molecule has 1 aromatic rings. The molecule has 2 saturated carbocycles. The summed E-state index contributed by atoms with van der Waals surface area (Å²) in [7, 11) is 0. The van der Waals surface area contributed by atoms with E-state index in [4.69, 9.17) is 9.26 Å². The number of amides is 1. The maximum atomic E-state index is 13.1. The first kappa shape index (κ1) is 18.6. The Morgan fingerprint density at radius 3 is 2.37 bits per heavy atom. The lowest BCUT2D eigenvalue weighted by molar-refractivity contribution is -0.0925.